The van der Waals surface area contributed by atoms with Crippen LogP contribution in [0.1, 0.15) is 40.0 Å². The summed E-state index contributed by atoms with van der Waals surface area (Å²) in [6.45, 7) is 7.60. The maximum Gasteiger partial charge on any atom is 0.328 e. The number of unbranched alkanes of at least 4 members (excludes halogenated alkanes) is 1. The van der Waals surface area contributed by atoms with Gasteiger partial charge in [-0.3, -0.25) is 9.59 Å². The first-order chi connectivity index (χ1) is 10.8. The zero-order valence-electron chi connectivity index (χ0n) is 14.2. The van der Waals surface area contributed by atoms with Gasteiger partial charge in [0.1, 0.15) is 12.1 Å². The monoisotopic (exact) mass is 331 g/mol. The molecule has 2 atom stereocenters. The van der Waals surface area contributed by atoms with Crippen LogP contribution in [-0.2, 0) is 14.4 Å². The summed E-state index contributed by atoms with van der Waals surface area (Å²) in [5.74, 6) is -2.27. The zero-order chi connectivity index (χ0) is 17.8. The van der Waals surface area contributed by atoms with Crippen molar-refractivity contribution in [3.63, 3.8) is 0 Å². The van der Waals surface area contributed by atoms with E-state index in [1.807, 2.05) is 0 Å². The molecule has 8 heteroatoms. The van der Waals surface area contributed by atoms with Crippen molar-refractivity contribution in [2.24, 2.45) is 0 Å². The molecule has 0 rings (SSSR count). The van der Waals surface area contributed by atoms with Crippen molar-refractivity contribution in [1.82, 2.24) is 15.5 Å². The molecule has 23 heavy (non-hydrogen) atoms. The molecule has 0 saturated carbocycles. The third-order valence-corrected chi connectivity index (χ3v) is 3.60. The van der Waals surface area contributed by atoms with Crippen LogP contribution in [0.5, 0.6) is 0 Å². The molecule has 0 aliphatic heterocycles. The topological polar surface area (TPSA) is 119 Å². The fourth-order valence-corrected chi connectivity index (χ4v) is 2.20. The van der Waals surface area contributed by atoms with E-state index < -0.39 is 30.6 Å². The van der Waals surface area contributed by atoms with Crippen LogP contribution in [-0.4, -0.2) is 71.2 Å². The van der Waals surface area contributed by atoms with E-state index in [4.69, 9.17) is 10.2 Å². The number of aliphatic carboxylic acids is 1. The van der Waals surface area contributed by atoms with Gasteiger partial charge >= 0.3 is 5.97 Å². The van der Waals surface area contributed by atoms with Crippen LogP contribution in [0.15, 0.2) is 0 Å². The van der Waals surface area contributed by atoms with Crippen molar-refractivity contribution in [3.05, 3.63) is 0 Å². The van der Waals surface area contributed by atoms with Gasteiger partial charge in [-0.1, -0.05) is 13.8 Å². The largest absolute Gasteiger partial charge is 0.480 e. The minimum absolute atomic E-state index is 0.357. The van der Waals surface area contributed by atoms with E-state index >= 15 is 0 Å². The normalized spacial score (nSPS) is 13.4. The van der Waals surface area contributed by atoms with E-state index in [1.165, 1.54) is 6.92 Å². The molecular weight excluding hydrogens is 302 g/mol. The molecule has 4 N–H and O–H groups in total. The number of hydrogen-bond acceptors (Lipinski definition) is 5. The van der Waals surface area contributed by atoms with Crippen molar-refractivity contribution in [2.75, 3.05) is 26.2 Å². The molecule has 0 unspecified atom stereocenters. The van der Waals surface area contributed by atoms with Crippen LogP contribution >= 0.6 is 0 Å². The summed E-state index contributed by atoms with van der Waals surface area (Å²) in [5, 5.41) is 22.6. The van der Waals surface area contributed by atoms with E-state index in [-0.39, 0.29) is 5.91 Å². The molecular formula is C15H29N3O5. The zero-order valence-corrected chi connectivity index (χ0v) is 14.2. The Labute approximate surface area is 137 Å². The summed E-state index contributed by atoms with van der Waals surface area (Å²) in [4.78, 5) is 36.4. The number of aliphatic hydroxyl groups excluding tert-OH is 1. The average molecular weight is 331 g/mol. The Morgan fingerprint density at radius 2 is 1.65 bits per heavy atom. The van der Waals surface area contributed by atoms with Gasteiger partial charge in [0.15, 0.2) is 0 Å². The molecule has 0 aromatic rings. The number of amides is 2. The number of carbonyl (C=O) groups excluding carboxylic acids is 2. The maximum absolute atomic E-state index is 12.1. The summed E-state index contributed by atoms with van der Waals surface area (Å²) in [5.41, 5.74) is 0. The van der Waals surface area contributed by atoms with Crippen LogP contribution in [0.4, 0.5) is 0 Å². The molecule has 134 valence electrons. The second-order valence-corrected chi connectivity index (χ2v) is 5.36. The first kappa shape index (κ1) is 21.3. The lowest BCUT2D eigenvalue weighted by Crippen LogP contribution is -2.52. The molecule has 0 bridgehead atoms. The van der Waals surface area contributed by atoms with Crippen LogP contribution in [0.25, 0.3) is 0 Å². The molecule has 0 fully saturated rings. The Hall–Kier alpha value is -1.67. The lowest BCUT2D eigenvalue weighted by atomic mass is 10.1. The highest BCUT2D eigenvalue weighted by Gasteiger charge is 2.25. The molecule has 0 aromatic heterocycles. The molecule has 0 heterocycles. The molecule has 0 aliphatic rings. The van der Waals surface area contributed by atoms with Crippen molar-refractivity contribution >= 4 is 17.8 Å². The highest BCUT2D eigenvalue weighted by Crippen LogP contribution is 2.04. The lowest BCUT2D eigenvalue weighted by Gasteiger charge is -2.21. The van der Waals surface area contributed by atoms with Crippen molar-refractivity contribution in [3.8, 4) is 0 Å². The quantitative estimate of drug-likeness (QED) is 0.360. The number of carboxylic acids is 1. The number of carboxylic acid groups (broad SMARTS) is 1. The van der Waals surface area contributed by atoms with E-state index in [9.17, 15) is 14.4 Å². The van der Waals surface area contributed by atoms with E-state index in [2.05, 4.69) is 29.4 Å². The number of hydrogen-bond donors (Lipinski definition) is 4. The Bertz CT molecular complexity index is 385. The van der Waals surface area contributed by atoms with Gasteiger partial charge in [0.05, 0.1) is 6.61 Å². The standard InChI is InChI=1S/C15H29N3O5/c1-4-18(5-2)9-7-6-8-12(16-11(3)20)14(21)17-13(10-19)15(22)23/h12-13,19H,4-10H2,1-3H3,(H,16,20)(H,17,21)(H,22,23)/t12-,13-/m0/s1. The minimum atomic E-state index is -1.37. The molecule has 8 nitrogen and oxygen atoms in total. The first-order valence-corrected chi connectivity index (χ1v) is 7.99. The minimum Gasteiger partial charge on any atom is -0.480 e. The summed E-state index contributed by atoms with van der Waals surface area (Å²) < 4.78 is 0. The van der Waals surface area contributed by atoms with Gasteiger partial charge in [0.2, 0.25) is 11.8 Å². The fourth-order valence-electron chi connectivity index (χ4n) is 2.20. The third kappa shape index (κ3) is 9.14. The SMILES string of the molecule is CCN(CC)CCCC[C@H](NC(C)=O)C(=O)N[C@@H](CO)C(=O)O. The van der Waals surface area contributed by atoms with E-state index in [1.54, 1.807) is 0 Å². The number of nitrogens with zero attached hydrogens (tertiary/aromatic N) is 1. The van der Waals surface area contributed by atoms with Gasteiger partial charge in [-0.25, -0.2) is 4.79 Å². The molecule has 0 aromatic carbocycles. The summed E-state index contributed by atoms with van der Waals surface area (Å²) in [6.07, 6.45) is 2.03. The van der Waals surface area contributed by atoms with Crippen molar-refractivity contribution in [2.45, 2.75) is 52.1 Å². The summed E-state index contributed by atoms with van der Waals surface area (Å²) in [6, 6.07) is -2.16. The third-order valence-electron chi connectivity index (χ3n) is 3.60. The predicted molar refractivity (Wildman–Crippen MR) is 85.9 cm³/mol. The van der Waals surface area contributed by atoms with Crippen molar-refractivity contribution < 1.29 is 24.6 Å². The molecule has 0 saturated heterocycles. The first-order valence-electron chi connectivity index (χ1n) is 7.99. The van der Waals surface area contributed by atoms with Gasteiger partial charge in [-0.05, 0) is 38.9 Å². The highest BCUT2D eigenvalue weighted by atomic mass is 16.4. The number of nitrogens with one attached hydrogen (secondary N) is 2. The Balaban J connectivity index is 4.47. The fraction of sp³-hybridized carbons (Fsp3) is 0.800. The highest BCUT2D eigenvalue weighted by molar-refractivity contribution is 5.89. The van der Waals surface area contributed by atoms with Crippen LogP contribution in [0.2, 0.25) is 0 Å². The van der Waals surface area contributed by atoms with Crippen LogP contribution in [0, 0.1) is 0 Å². The summed E-state index contributed by atoms with van der Waals surface area (Å²) in [7, 11) is 0. The van der Waals surface area contributed by atoms with Gasteiger partial charge in [-0.2, -0.15) is 0 Å². The second kappa shape index (κ2) is 11.8. The summed E-state index contributed by atoms with van der Waals surface area (Å²) >= 11 is 0. The van der Waals surface area contributed by atoms with E-state index in [0.29, 0.717) is 6.42 Å². The number of aliphatic hydroxyl groups is 1. The maximum atomic E-state index is 12.1. The molecule has 2 amide bonds. The van der Waals surface area contributed by atoms with Crippen LogP contribution in [0.3, 0.4) is 0 Å². The van der Waals surface area contributed by atoms with Crippen molar-refractivity contribution in [1.29, 1.82) is 0 Å². The van der Waals surface area contributed by atoms with Crippen LogP contribution < -0.4 is 10.6 Å². The smallest absolute Gasteiger partial charge is 0.328 e. The Morgan fingerprint density at radius 1 is 1.04 bits per heavy atom. The molecule has 0 aliphatic carbocycles. The Kier molecular flexibility index (Phi) is 11.0. The van der Waals surface area contributed by atoms with Gasteiger partial charge in [-0.15, -0.1) is 0 Å². The van der Waals surface area contributed by atoms with Gasteiger partial charge < -0.3 is 25.7 Å². The van der Waals surface area contributed by atoms with E-state index in [0.717, 1.165) is 32.5 Å². The molecule has 0 radical (unpaired) electrons. The van der Waals surface area contributed by atoms with Gasteiger partial charge in [0.25, 0.3) is 0 Å². The predicted octanol–water partition coefficient (Wildman–Crippen LogP) is -0.435. The number of rotatable bonds is 12. The number of carbonyl (C=O) groups is 3. The second-order valence-electron chi connectivity index (χ2n) is 5.36. The average Bonchev–Trinajstić information content (AvgIpc) is 2.50. The molecule has 0 spiro atoms. The lowest BCUT2D eigenvalue weighted by molar-refractivity contribution is -0.143. The van der Waals surface area contributed by atoms with Gasteiger partial charge in [0, 0.05) is 6.92 Å². The Morgan fingerprint density at radius 3 is 2.09 bits per heavy atom.